The lowest BCUT2D eigenvalue weighted by Gasteiger charge is -2.06. The number of imidazole rings is 1. The van der Waals surface area contributed by atoms with Gasteiger partial charge in [-0.05, 0) is 13.8 Å². The molecule has 0 atom stereocenters. The number of rotatable bonds is 4. The van der Waals surface area contributed by atoms with E-state index in [-0.39, 0.29) is 6.09 Å². The van der Waals surface area contributed by atoms with Crippen LogP contribution in [0.2, 0.25) is 0 Å². The molecule has 0 spiro atoms. The van der Waals surface area contributed by atoms with Gasteiger partial charge in [0.25, 0.3) is 0 Å². The first kappa shape index (κ1) is 10.6. The van der Waals surface area contributed by atoms with Crippen molar-refractivity contribution >= 4 is 6.09 Å². The molecule has 0 unspecified atom stereocenters. The van der Waals surface area contributed by atoms with Crippen LogP contribution in [-0.2, 0) is 11.3 Å². The number of nitrogens with one attached hydrogen (secondary N) is 1. The van der Waals surface area contributed by atoms with Crippen molar-refractivity contribution in [1.82, 2.24) is 14.9 Å². The quantitative estimate of drug-likeness (QED) is 0.781. The van der Waals surface area contributed by atoms with Crippen molar-refractivity contribution in [3.63, 3.8) is 0 Å². The maximum absolute atomic E-state index is 10.9. The summed E-state index contributed by atoms with van der Waals surface area (Å²) in [4.78, 5) is 15.0. The van der Waals surface area contributed by atoms with Crippen molar-refractivity contribution in [2.24, 2.45) is 0 Å². The molecule has 0 aliphatic heterocycles. The van der Waals surface area contributed by atoms with Crippen LogP contribution < -0.4 is 5.32 Å². The van der Waals surface area contributed by atoms with Crippen molar-refractivity contribution in [3.05, 3.63) is 18.2 Å². The van der Waals surface area contributed by atoms with Crippen molar-refractivity contribution in [2.75, 3.05) is 13.2 Å². The molecule has 1 amide bonds. The van der Waals surface area contributed by atoms with E-state index in [1.807, 2.05) is 17.7 Å². The first-order valence-corrected chi connectivity index (χ1v) is 4.62. The number of aryl methyl sites for hydroxylation is 1. The summed E-state index contributed by atoms with van der Waals surface area (Å²) in [5.41, 5.74) is 0. The molecular weight excluding hydrogens is 182 g/mol. The fourth-order valence-electron chi connectivity index (χ4n) is 1.10. The summed E-state index contributed by atoms with van der Waals surface area (Å²) in [7, 11) is 0. The van der Waals surface area contributed by atoms with Crippen molar-refractivity contribution in [2.45, 2.75) is 20.4 Å². The van der Waals surface area contributed by atoms with Gasteiger partial charge in [-0.1, -0.05) is 0 Å². The van der Waals surface area contributed by atoms with Gasteiger partial charge in [0, 0.05) is 25.5 Å². The lowest BCUT2D eigenvalue weighted by molar-refractivity contribution is 0.152. The van der Waals surface area contributed by atoms with E-state index in [2.05, 4.69) is 10.3 Å². The standard InChI is InChI=1S/C9H15N3O2/c1-3-14-9(13)11-5-7-12-6-4-10-8(12)2/h4,6H,3,5,7H2,1-2H3,(H,11,13). The van der Waals surface area contributed by atoms with Gasteiger partial charge in [-0.2, -0.15) is 0 Å². The molecule has 5 nitrogen and oxygen atoms in total. The average molecular weight is 197 g/mol. The van der Waals surface area contributed by atoms with E-state index < -0.39 is 0 Å². The highest BCUT2D eigenvalue weighted by molar-refractivity contribution is 5.66. The average Bonchev–Trinajstić information content (AvgIpc) is 2.52. The van der Waals surface area contributed by atoms with E-state index in [9.17, 15) is 4.79 Å². The Bertz CT molecular complexity index is 296. The summed E-state index contributed by atoms with van der Waals surface area (Å²) < 4.78 is 6.68. The minimum Gasteiger partial charge on any atom is -0.450 e. The van der Waals surface area contributed by atoms with Gasteiger partial charge >= 0.3 is 6.09 Å². The fourth-order valence-corrected chi connectivity index (χ4v) is 1.10. The van der Waals surface area contributed by atoms with Crippen LogP contribution in [0.15, 0.2) is 12.4 Å². The third-order valence-corrected chi connectivity index (χ3v) is 1.82. The van der Waals surface area contributed by atoms with E-state index in [0.717, 1.165) is 5.82 Å². The van der Waals surface area contributed by atoms with Crippen molar-refractivity contribution in [3.8, 4) is 0 Å². The van der Waals surface area contributed by atoms with Gasteiger partial charge in [-0.25, -0.2) is 9.78 Å². The molecule has 0 radical (unpaired) electrons. The molecule has 1 rings (SSSR count). The third kappa shape index (κ3) is 3.08. The Hall–Kier alpha value is -1.52. The van der Waals surface area contributed by atoms with Gasteiger partial charge in [0.15, 0.2) is 0 Å². The first-order valence-electron chi connectivity index (χ1n) is 4.62. The molecule has 1 heterocycles. The number of carbonyl (C=O) groups excluding carboxylic acids is 1. The number of amides is 1. The Balaban J connectivity index is 2.22. The van der Waals surface area contributed by atoms with Crippen molar-refractivity contribution in [1.29, 1.82) is 0 Å². The summed E-state index contributed by atoms with van der Waals surface area (Å²) in [6, 6.07) is 0. The topological polar surface area (TPSA) is 56.1 Å². The zero-order valence-corrected chi connectivity index (χ0v) is 8.49. The summed E-state index contributed by atoms with van der Waals surface area (Å²) in [5, 5.41) is 2.64. The van der Waals surface area contributed by atoms with Gasteiger partial charge in [0.1, 0.15) is 5.82 Å². The van der Waals surface area contributed by atoms with Crippen LogP contribution in [0.25, 0.3) is 0 Å². The molecule has 14 heavy (non-hydrogen) atoms. The molecule has 0 bridgehead atoms. The van der Waals surface area contributed by atoms with Crippen LogP contribution >= 0.6 is 0 Å². The molecule has 0 aliphatic rings. The van der Waals surface area contributed by atoms with Crippen LogP contribution in [0.1, 0.15) is 12.7 Å². The molecular formula is C9H15N3O2. The van der Waals surface area contributed by atoms with Crippen LogP contribution in [0.5, 0.6) is 0 Å². The van der Waals surface area contributed by atoms with Gasteiger partial charge in [-0.3, -0.25) is 0 Å². The minimum atomic E-state index is -0.370. The predicted octanol–water partition coefficient (Wildman–Crippen LogP) is 0.938. The molecule has 78 valence electrons. The number of ether oxygens (including phenoxy) is 1. The largest absolute Gasteiger partial charge is 0.450 e. The molecule has 1 aromatic rings. The van der Waals surface area contributed by atoms with Gasteiger partial charge < -0.3 is 14.6 Å². The van der Waals surface area contributed by atoms with E-state index >= 15 is 0 Å². The second-order valence-electron chi connectivity index (χ2n) is 2.82. The first-order chi connectivity index (χ1) is 6.74. The zero-order chi connectivity index (χ0) is 10.4. The second kappa shape index (κ2) is 5.26. The molecule has 0 aromatic carbocycles. The Labute approximate surface area is 83.1 Å². The summed E-state index contributed by atoms with van der Waals surface area (Å²) >= 11 is 0. The molecule has 0 aliphatic carbocycles. The number of nitrogens with zero attached hydrogens (tertiary/aromatic N) is 2. The normalized spacial score (nSPS) is 9.86. The van der Waals surface area contributed by atoms with Crippen molar-refractivity contribution < 1.29 is 9.53 Å². The molecule has 0 saturated heterocycles. The van der Waals surface area contributed by atoms with Gasteiger partial charge in [-0.15, -0.1) is 0 Å². The van der Waals surface area contributed by atoms with Gasteiger partial charge in [0.05, 0.1) is 6.61 Å². The highest BCUT2D eigenvalue weighted by Gasteiger charge is 2.00. The number of hydrogen-bond donors (Lipinski definition) is 1. The Kier molecular flexibility index (Phi) is 3.97. The van der Waals surface area contributed by atoms with E-state index in [4.69, 9.17) is 4.74 Å². The predicted molar refractivity (Wildman–Crippen MR) is 52.0 cm³/mol. The Morgan fingerprint density at radius 3 is 3.07 bits per heavy atom. The monoisotopic (exact) mass is 197 g/mol. The molecule has 0 fully saturated rings. The van der Waals surface area contributed by atoms with Crippen LogP contribution in [0.3, 0.4) is 0 Å². The highest BCUT2D eigenvalue weighted by atomic mass is 16.5. The van der Waals surface area contributed by atoms with Crippen LogP contribution in [0, 0.1) is 6.92 Å². The number of carbonyl (C=O) groups is 1. The van der Waals surface area contributed by atoms with E-state index in [1.54, 1.807) is 13.1 Å². The lowest BCUT2D eigenvalue weighted by atomic mass is 10.5. The molecule has 1 aromatic heterocycles. The number of aromatic nitrogens is 2. The minimum absolute atomic E-state index is 0.370. The fraction of sp³-hybridized carbons (Fsp3) is 0.556. The third-order valence-electron chi connectivity index (χ3n) is 1.82. The summed E-state index contributed by atoms with van der Waals surface area (Å²) in [5.74, 6) is 0.940. The van der Waals surface area contributed by atoms with Crippen LogP contribution in [-0.4, -0.2) is 28.8 Å². The van der Waals surface area contributed by atoms with Gasteiger partial charge in [0.2, 0.25) is 0 Å². The molecule has 5 heteroatoms. The number of hydrogen-bond acceptors (Lipinski definition) is 3. The second-order valence-corrected chi connectivity index (χ2v) is 2.82. The lowest BCUT2D eigenvalue weighted by Crippen LogP contribution is -2.27. The maximum atomic E-state index is 10.9. The molecule has 0 saturated carbocycles. The van der Waals surface area contributed by atoms with E-state index in [0.29, 0.717) is 19.7 Å². The summed E-state index contributed by atoms with van der Waals surface area (Å²) in [6.07, 6.45) is 3.24. The van der Waals surface area contributed by atoms with Crippen LogP contribution in [0.4, 0.5) is 4.79 Å². The Morgan fingerprint density at radius 1 is 1.71 bits per heavy atom. The Morgan fingerprint density at radius 2 is 2.50 bits per heavy atom. The SMILES string of the molecule is CCOC(=O)NCCn1ccnc1C. The summed E-state index contributed by atoms with van der Waals surface area (Å²) in [6.45, 7) is 5.36. The number of alkyl carbamates (subject to hydrolysis) is 1. The smallest absolute Gasteiger partial charge is 0.407 e. The zero-order valence-electron chi connectivity index (χ0n) is 8.49. The van der Waals surface area contributed by atoms with E-state index in [1.165, 1.54) is 0 Å². The molecule has 1 N–H and O–H groups in total. The highest BCUT2D eigenvalue weighted by Crippen LogP contribution is 1.93. The maximum Gasteiger partial charge on any atom is 0.407 e.